The fourth-order valence-corrected chi connectivity index (χ4v) is 4.40. The number of aromatic nitrogens is 1. The largest absolute Gasteiger partial charge is 0.433 e. The molecule has 33 heavy (non-hydrogen) atoms. The summed E-state index contributed by atoms with van der Waals surface area (Å²) in [5, 5.41) is 6.83. The highest BCUT2D eigenvalue weighted by atomic mass is 19.4. The lowest BCUT2D eigenvalue weighted by molar-refractivity contribution is -0.140. The Morgan fingerprint density at radius 3 is 2.64 bits per heavy atom. The van der Waals surface area contributed by atoms with Gasteiger partial charge in [0.2, 0.25) is 0 Å². The Kier molecular flexibility index (Phi) is 6.54. The first-order chi connectivity index (χ1) is 15.7. The van der Waals surface area contributed by atoms with Gasteiger partial charge in [0.25, 0.3) is 5.91 Å². The zero-order chi connectivity index (χ0) is 23.6. The van der Waals surface area contributed by atoms with Crippen LogP contribution < -0.4 is 10.6 Å². The Hall–Kier alpha value is -3.16. The predicted molar refractivity (Wildman–Crippen MR) is 120 cm³/mol. The standard InChI is InChI=1S/C25H25F4N3O/c1-15-9-10-21-19(11-15)22(13-23(32-21)25(27,28)29)31-20-8-3-2-5-17(20)14-30-24(33)16-6-4-7-18(26)12-16/h4,6-7,9-13,17,20H,2-3,5,8,14H2,1H3,(H,30,33)(H,31,32)/t17?,20-/m0/s1. The summed E-state index contributed by atoms with van der Waals surface area (Å²) in [4.78, 5) is 16.2. The minimum Gasteiger partial charge on any atom is -0.381 e. The van der Waals surface area contributed by atoms with Crippen LogP contribution in [0, 0.1) is 18.7 Å². The van der Waals surface area contributed by atoms with Crippen LogP contribution in [0.5, 0.6) is 0 Å². The Balaban J connectivity index is 1.56. The van der Waals surface area contributed by atoms with Crippen molar-refractivity contribution in [3.05, 3.63) is 71.2 Å². The summed E-state index contributed by atoms with van der Waals surface area (Å²) in [6.45, 7) is 2.23. The first-order valence-corrected chi connectivity index (χ1v) is 11.0. The van der Waals surface area contributed by atoms with Crippen molar-refractivity contribution in [3.63, 3.8) is 0 Å². The Morgan fingerprint density at radius 2 is 1.88 bits per heavy atom. The molecule has 2 N–H and O–H groups in total. The van der Waals surface area contributed by atoms with Crippen LogP contribution in [0.25, 0.3) is 10.9 Å². The second kappa shape index (κ2) is 9.37. The third-order valence-corrected chi connectivity index (χ3v) is 6.12. The highest BCUT2D eigenvalue weighted by Gasteiger charge is 2.34. The molecule has 2 aromatic carbocycles. The van der Waals surface area contributed by atoms with E-state index in [1.807, 2.05) is 13.0 Å². The number of carbonyl (C=O) groups excluding carboxylic acids is 1. The number of fused-ring (bicyclic) bond motifs is 1. The van der Waals surface area contributed by atoms with E-state index in [4.69, 9.17) is 0 Å². The molecule has 174 valence electrons. The second-order valence-electron chi connectivity index (χ2n) is 8.59. The van der Waals surface area contributed by atoms with E-state index in [-0.39, 0.29) is 28.9 Å². The average molecular weight is 459 g/mol. The van der Waals surface area contributed by atoms with Crippen molar-refractivity contribution in [1.29, 1.82) is 0 Å². The summed E-state index contributed by atoms with van der Waals surface area (Å²) in [6.07, 6.45) is -1.03. The number of anilines is 1. The molecular weight excluding hydrogens is 434 g/mol. The number of rotatable bonds is 5. The van der Waals surface area contributed by atoms with Gasteiger partial charge in [0.05, 0.1) is 5.52 Å². The highest BCUT2D eigenvalue weighted by Crippen LogP contribution is 2.35. The number of pyridine rings is 1. The van der Waals surface area contributed by atoms with Crippen molar-refractivity contribution in [2.75, 3.05) is 11.9 Å². The van der Waals surface area contributed by atoms with Gasteiger partial charge < -0.3 is 10.6 Å². The van der Waals surface area contributed by atoms with Gasteiger partial charge in [-0.15, -0.1) is 0 Å². The van der Waals surface area contributed by atoms with E-state index in [9.17, 15) is 22.4 Å². The number of hydrogen-bond acceptors (Lipinski definition) is 3. The molecule has 1 saturated carbocycles. The van der Waals surface area contributed by atoms with Gasteiger partial charge in [0, 0.05) is 29.2 Å². The van der Waals surface area contributed by atoms with Crippen LogP contribution >= 0.6 is 0 Å². The van der Waals surface area contributed by atoms with E-state index in [0.29, 0.717) is 17.6 Å². The van der Waals surface area contributed by atoms with Crippen molar-refractivity contribution >= 4 is 22.5 Å². The third kappa shape index (κ3) is 5.43. The summed E-state index contributed by atoms with van der Waals surface area (Å²) in [6, 6.07) is 11.6. The van der Waals surface area contributed by atoms with E-state index >= 15 is 0 Å². The van der Waals surface area contributed by atoms with Crippen molar-refractivity contribution < 1.29 is 22.4 Å². The topological polar surface area (TPSA) is 54.0 Å². The molecule has 1 aliphatic rings. The number of nitrogens with zero attached hydrogens (tertiary/aromatic N) is 1. The zero-order valence-corrected chi connectivity index (χ0v) is 18.2. The van der Waals surface area contributed by atoms with Crippen LogP contribution in [0.15, 0.2) is 48.5 Å². The van der Waals surface area contributed by atoms with E-state index < -0.39 is 17.7 Å². The van der Waals surface area contributed by atoms with E-state index in [0.717, 1.165) is 37.3 Å². The normalized spacial score (nSPS) is 18.8. The molecule has 0 bridgehead atoms. The first kappa shape index (κ1) is 23.0. The van der Waals surface area contributed by atoms with E-state index in [1.165, 1.54) is 18.2 Å². The molecule has 1 amide bonds. The molecular formula is C25H25F4N3O. The number of hydrogen-bond donors (Lipinski definition) is 2. The van der Waals surface area contributed by atoms with Gasteiger partial charge in [-0.2, -0.15) is 13.2 Å². The van der Waals surface area contributed by atoms with Gasteiger partial charge in [0.15, 0.2) is 0 Å². The van der Waals surface area contributed by atoms with Crippen molar-refractivity contribution in [1.82, 2.24) is 10.3 Å². The van der Waals surface area contributed by atoms with Crippen molar-refractivity contribution in [2.45, 2.75) is 44.8 Å². The monoisotopic (exact) mass is 459 g/mol. The lowest BCUT2D eigenvalue weighted by atomic mass is 9.84. The molecule has 1 unspecified atom stereocenters. The number of carbonyl (C=O) groups is 1. The van der Waals surface area contributed by atoms with Crippen molar-refractivity contribution in [2.24, 2.45) is 5.92 Å². The second-order valence-corrected chi connectivity index (χ2v) is 8.59. The molecule has 1 aliphatic carbocycles. The van der Waals surface area contributed by atoms with Crippen LogP contribution in [0.4, 0.5) is 23.2 Å². The van der Waals surface area contributed by atoms with Gasteiger partial charge in [-0.05, 0) is 62.1 Å². The third-order valence-electron chi connectivity index (χ3n) is 6.12. The van der Waals surface area contributed by atoms with Crippen LogP contribution in [0.1, 0.15) is 47.3 Å². The number of nitrogens with one attached hydrogen (secondary N) is 2. The van der Waals surface area contributed by atoms with Gasteiger partial charge in [-0.25, -0.2) is 9.37 Å². The van der Waals surface area contributed by atoms with Crippen LogP contribution in [0.3, 0.4) is 0 Å². The molecule has 2 atom stereocenters. The number of halogens is 4. The van der Waals surface area contributed by atoms with E-state index in [2.05, 4.69) is 15.6 Å². The molecule has 0 aliphatic heterocycles. The lowest BCUT2D eigenvalue weighted by Crippen LogP contribution is -2.40. The molecule has 1 heterocycles. The Morgan fingerprint density at radius 1 is 1.09 bits per heavy atom. The summed E-state index contributed by atoms with van der Waals surface area (Å²) < 4.78 is 53.8. The smallest absolute Gasteiger partial charge is 0.381 e. The molecule has 0 spiro atoms. The number of amides is 1. The summed E-state index contributed by atoms with van der Waals surface area (Å²) in [7, 11) is 0. The fourth-order valence-electron chi connectivity index (χ4n) is 4.40. The molecule has 3 aromatic rings. The van der Waals surface area contributed by atoms with Gasteiger partial charge >= 0.3 is 6.18 Å². The van der Waals surface area contributed by atoms with Crippen molar-refractivity contribution in [3.8, 4) is 0 Å². The quantitative estimate of drug-likeness (QED) is 0.453. The minimum atomic E-state index is -4.56. The lowest BCUT2D eigenvalue weighted by Gasteiger charge is -2.33. The predicted octanol–water partition coefficient (Wildman–Crippen LogP) is 6.10. The number of alkyl halides is 3. The summed E-state index contributed by atoms with van der Waals surface area (Å²) in [5.74, 6) is -0.832. The summed E-state index contributed by atoms with van der Waals surface area (Å²) >= 11 is 0. The molecule has 1 fully saturated rings. The molecule has 8 heteroatoms. The maximum Gasteiger partial charge on any atom is 0.433 e. The molecule has 1 aromatic heterocycles. The fraction of sp³-hybridized carbons (Fsp3) is 0.360. The Labute approximate surface area is 189 Å². The van der Waals surface area contributed by atoms with Crippen LogP contribution in [-0.4, -0.2) is 23.5 Å². The molecule has 4 rings (SSSR count). The number of benzene rings is 2. The van der Waals surface area contributed by atoms with Gasteiger partial charge in [-0.3, -0.25) is 4.79 Å². The van der Waals surface area contributed by atoms with Gasteiger partial charge in [-0.1, -0.05) is 30.5 Å². The molecule has 0 saturated heterocycles. The SMILES string of the molecule is Cc1ccc2nc(C(F)(F)F)cc(N[C@H]3CCCCC3CNC(=O)c3cccc(F)c3)c2c1. The van der Waals surface area contributed by atoms with Crippen LogP contribution in [0.2, 0.25) is 0 Å². The van der Waals surface area contributed by atoms with E-state index in [1.54, 1.807) is 18.2 Å². The minimum absolute atomic E-state index is 0.0265. The molecule has 0 radical (unpaired) electrons. The first-order valence-electron chi connectivity index (χ1n) is 11.0. The van der Waals surface area contributed by atoms with Crippen LogP contribution in [-0.2, 0) is 6.18 Å². The zero-order valence-electron chi connectivity index (χ0n) is 18.2. The summed E-state index contributed by atoms with van der Waals surface area (Å²) in [5.41, 5.74) is 0.901. The van der Waals surface area contributed by atoms with Gasteiger partial charge in [0.1, 0.15) is 11.5 Å². The number of aryl methyl sites for hydroxylation is 1. The maximum absolute atomic E-state index is 13.5. The highest BCUT2D eigenvalue weighted by molar-refractivity contribution is 5.94. The Bertz CT molecular complexity index is 1160. The average Bonchev–Trinajstić information content (AvgIpc) is 2.77. The molecule has 4 nitrogen and oxygen atoms in total. The maximum atomic E-state index is 13.5.